The summed E-state index contributed by atoms with van der Waals surface area (Å²) in [5, 5.41) is 0. The zero-order valence-electron chi connectivity index (χ0n) is 13.2. The van der Waals surface area contributed by atoms with Crippen molar-refractivity contribution in [1.82, 2.24) is 4.72 Å². The van der Waals surface area contributed by atoms with E-state index in [4.69, 9.17) is 0 Å². The van der Waals surface area contributed by atoms with Crippen LogP contribution in [0.3, 0.4) is 0 Å². The second-order valence-corrected chi connectivity index (χ2v) is 7.35. The summed E-state index contributed by atoms with van der Waals surface area (Å²) in [4.78, 5) is 0.346. The van der Waals surface area contributed by atoms with Crippen LogP contribution in [0.15, 0.2) is 53.4 Å². The normalized spacial score (nSPS) is 11.5. The maximum absolute atomic E-state index is 12.2. The van der Waals surface area contributed by atoms with Gasteiger partial charge in [0.15, 0.2) is 0 Å². The molecule has 2 rings (SSSR count). The van der Waals surface area contributed by atoms with E-state index in [9.17, 15) is 8.42 Å². The molecule has 0 amide bonds. The first-order valence-electron chi connectivity index (χ1n) is 7.60. The van der Waals surface area contributed by atoms with Crippen LogP contribution in [0.25, 0.3) is 0 Å². The van der Waals surface area contributed by atoms with Crippen molar-refractivity contribution in [3.63, 3.8) is 0 Å². The van der Waals surface area contributed by atoms with Crippen LogP contribution in [0.2, 0.25) is 0 Å². The number of benzene rings is 2. The molecule has 0 aliphatic rings. The van der Waals surface area contributed by atoms with Crippen molar-refractivity contribution in [2.75, 3.05) is 6.54 Å². The fourth-order valence-electron chi connectivity index (χ4n) is 2.27. The molecule has 118 valence electrons. The van der Waals surface area contributed by atoms with Gasteiger partial charge in [0.2, 0.25) is 10.0 Å². The van der Waals surface area contributed by atoms with Crippen molar-refractivity contribution >= 4 is 10.0 Å². The Labute approximate surface area is 133 Å². The van der Waals surface area contributed by atoms with Crippen LogP contribution in [0.1, 0.15) is 29.5 Å². The van der Waals surface area contributed by atoms with Crippen LogP contribution in [-0.2, 0) is 16.4 Å². The van der Waals surface area contributed by atoms with Crippen LogP contribution in [-0.4, -0.2) is 15.0 Å². The van der Waals surface area contributed by atoms with E-state index in [1.807, 2.05) is 38.1 Å². The summed E-state index contributed by atoms with van der Waals surface area (Å²) < 4.78 is 27.1. The molecule has 0 aliphatic heterocycles. The Kier molecular flexibility index (Phi) is 5.75. The first-order chi connectivity index (χ1) is 10.5. The van der Waals surface area contributed by atoms with Gasteiger partial charge in [0.25, 0.3) is 0 Å². The zero-order valence-corrected chi connectivity index (χ0v) is 14.0. The first-order valence-corrected chi connectivity index (χ1v) is 9.08. The van der Waals surface area contributed by atoms with E-state index in [1.54, 1.807) is 12.1 Å². The van der Waals surface area contributed by atoms with E-state index in [1.165, 1.54) is 5.56 Å². The van der Waals surface area contributed by atoms with Gasteiger partial charge in [0, 0.05) is 6.54 Å². The topological polar surface area (TPSA) is 46.2 Å². The average Bonchev–Trinajstić information content (AvgIpc) is 2.50. The van der Waals surface area contributed by atoms with E-state index in [-0.39, 0.29) is 0 Å². The minimum Gasteiger partial charge on any atom is -0.211 e. The minimum atomic E-state index is -3.39. The van der Waals surface area contributed by atoms with Crippen LogP contribution in [0.5, 0.6) is 0 Å². The third-order valence-electron chi connectivity index (χ3n) is 3.82. The van der Waals surface area contributed by atoms with Crippen molar-refractivity contribution in [1.29, 1.82) is 0 Å². The van der Waals surface area contributed by atoms with Crippen molar-refractivity contribution in [3.8, 4) is 0 Å². The highest BCUT2D eigenvalue weighted by Crippen LogP contribution is 2.14. The molecule has 0 saturated carbocycles. The van der Waals surface area contributed by atoms with Crippen molar-refractivity contribution in [2.24, 2.45) is 0 Å². The van der Waals surface area contributed by atoms with E-state index >= 15 is 0 Å². The molecule has 0 heterocycles. The van der Waals surface area contributed by atoms with E-state index in [0.29, 0.717) is 11.4 Å². The zero-order chi connectivity index (χ0) is 16.0. The van der Waals surface area contributed by atoms with Gasteiger partial charge in [-0.05, 0) is 61.9 Å². The summed E-state index contributed by atoms with van der Waals surface area (Å²) in [5.74, 6) is 0. The Morgan fingerprint density at radius 2 is 1.64 bits per heavy atom. The lowest BCUT2D eigenvalue weighted by Gasteiger charge is -2.08. The minimum absolute atomic E-state index is 0.346. The number of sulfonamides is 1. The second-order valence-electron chi connectivity index (χ2n) is 5.59. The standard InChI is InChI=1S/C18H23NO2S/c1-15-11-12-18(14-16(15)2)22(20,21)19-13-7-6-10-17-8-4-3-5-9-17/h3-5,8-9,11-12,14,19H,6-7,10,13H2,1-2H3. The van der Waals surface area contributed by atoms with Gasteiger partial charge in [-0.15, -0.1) is 0 Å². The Morgan fingerprint density at radius 1 is 0.909 bits per heavy atom. The van der Waals surface area contributed by atoms with Gasteiger partial charge < -0.3 is 0 Å². The Hall–Kier alpha value is -1.65. The molecule has 1 N–H and O–H groups in total. The molecule has 0 atom stereocenters. The molecule has 0 unspecified atom stereocenters. The van der Waals surface area contributed by atoms with Gasteiger partial charge in [-0.25, -0.2) is 13.1 Å². The summed E-state index contributed by atoms with van der Waals surface area (Å²) in [6.45, 7) is 4.37. The van der Waals surface area contributed by atoms with Gasteiger partial charge in [0.1, 0.15) is 0 Å². The number of unbranched alkanes of at least 4 members (excludes halogenated alkanes) is 1. The van der Waals surface area contributed by atoms with Crippen LogP contribution in [0, 0.1) is 13.8 Å². The van der Waals surface area contributed by atoms with Crippen molar-refractivity contribution in [2.45, 2.75) is 38.0 Å². The molecule has 0 aliphatic carbocycles. The Bertz CT molecular complexity index is 709. The maximum Gasteiger partial charge on any atom is 0.240 e. The molecule has 22 heavy (non-hydrogen) atoms. The van der Waals surface area contributed by atoms with E-state index < -0.39 is 10.0 Å². The molecular formula is C18H23NO2S. The van der Waals surface area contributed by atoms with Crippen LogP contribution >= 0.6 is 0 Å². The Morgan fingerprint density at radius 3 is 2.32 bits per heavy atom. The number of rotatable bonds is 7. The van der Waals surface area contributed by atoms with Crippen LogP contribution in [0.4, 0.5) is 0 Å². The monoisotopic (exact) mass is 317 g/mol. The highest BCUT2D eigenvalue weighted by atomic mass is 32.2. The molecule has 0 saturated heterocycles. The smallest absolute Gasteiger partial charge is 0.211 e. The van der Waals surface area contributed by atoms with Gasteiger partial charge in [-0.3, -0.25) is 0 Å². The van der Waals surface area contributed by atoms with Gasteiger partial charge in [0.05, 0.1) is 4.90 Å². The highest BCUT2D eigenvalue weighted by Gasteiger charge is 2.13. The predicted molar refractivity (Wildman–Crippen MR) is 90.5 cm³/mol. The summed E-state index contributed by atoms with van der Waals surface area (Å²) >= 11 is 0. The lowest BCUT2D eigenvalue weighted by atomic mass is 10.1. The molecule has 0 fully saturated rings. The molecule has 3 nitrogen and oxygen atoms in total. The fraction of sp³-hybridized carbons (Fsp3) is 0.333. The fourth-order valence-corrected chi connectivity index (χ4v) is 3.43. The van der Waals surface area contributed by atoms with Crippen molar-refractivity contribution in [3.05, 3.63) is 65.2 Å². The largest absolute Gasteiger partial charge is 0.240 e. The molecule has 0 spiro atoms. The first kappa shape index (κ1) is 16.7. The third kappa shape index (κ3) is 4.68. The van der Waals surface area contributed by atoms with Gasteiger partial charge in [-0.1, -0.05) is 36.4 Å². The predicted octanol–water partition coefficient (Wildman–Crippen LogP) is 3.60. The molecule has 2 aromatic rings. The average molecular weight is 317 g/mol. The molecule has 0 aromatic heterocycles. The number of aryl methyl sites for hydroxylation is 3. The SMILES string of the molecule is Cc1ccc(S(=O)(=O)NCCCCc2ccccc2)cc1C. The summed E-state index contributed by atoms with van der Waals surface area (Å²) in [5.41, 5.74) is 3.38. The van der Waals surface area contributed by atoms with Crippen molar-refractivity contribution < 1.29 is 8.42 Å². The number of nitrogens with one attached hydrogen (secondary N) is 1. The lowest BCUT2D eigenvalue weighted by molar-refractivity contribution is 0.576. The summed E-state index contributed by atoms with van der Waals surface area (Å²) in [6.07, 6.45) is 2.78. The van der Waals surface area contributed by atoms with Gasteiger partial charge >= 0.3 is 0 Å². The van der Waals surface area contributed by atoms with Crippen LogP contribution < -0.4 is 4.72 Å². The molecule has 4 heteroatoms. The molecule has 2 aromatic carbocycles. The Balaban J connectivity index is 1.81. The summed E-state index contributed by atoms with van der Waals surface area (Å²) in [6, 6.07) is 15.5. The number of hydrogen-bond donors (Lipinski definition) is 1. The number of hydrogen-bond acceptors (Lipinski definition) is 2. The van der Waals surface area contributed by atoms with E-state index in [0.717, 1.165) is 30.4 Å². The second kappa shape index (κ2) is 7.56. The highest BCUT2D eigenvalue weighted by molar-refractivity contribution is 7.89. The molecule has 0 radical (unpaired) electrons. The lowest BCUT2D eigenvalue weighted by Crippen LogP contribution is -2.25. The third-order valence-corrected chi connectivity index (χ3v) is 5.27. The maximum atomic E-state index is 12.2. The molecule has 0 bridgehead atoms. The molecular weight excluding hydrogens is 294 g/mol. The quantitative estimate of drug-likeness (QED) is 0.793. The van der Waals surface area contributed by atoms with E-state index in [2.05, 4.69) is 16.9 Å². The van der Waals surface area contributed by atoms with Gasteiger partial charge in [-0.2, -0.15) is 0 Å². The summed E-state index contributed by atoms with van der Waals surface area (Å²) in [7, 11) is -3.39.